The standard InChI is InChI=1S/C7H11Br/c1-3-4-7(2)5-6-8/h6H,3-4H2,1-2H3. The van der Waals surface area contributed by atoms with Crippen molar-refractivity contribution in [2.45, 2.75) is 26.7 Å². The van der Waals surface area contributed by atoms with E-state index in [4.69, 9.17) is 0 Å². The second kappa shape index (κ2) is 5.14. The Morgan fingerprint density at radius 1 is 1.75 bits per heavy atom. The summed E-state index contributed by atoms with van der Waals surface area (Å²) in [5.74, 6) is 0. The summed E-state index contributed by atoms with van der Waals surface area (Å²) >= 11 is 3.16. The minimum absolute atomic E-state index is 1.15. The van der Waals surface area contributed by atoms with Crippen molar-refractivity contribution in [1.29, 1.82) is 0 Å². The van der Waals surface area contributed by atoms with Gasteiger partial charge in [-0.15, -0.1) is 5.73 Å². The van der Waals surface area contributed by atoms with Gasteiger partial charge < -0.3 is 0 Å². The van der Waals surface area contributed by atoms with Gasteiger partial charge in [-0.05, 0) is 18.9 Å². The van der Waals surface area contributed by atoms with E-state index in [1.165, 1.54) is 12.0 Å². The topological polar surface area (TPSA) is 0 Å². The molecule has 46 valence electrons. The molecule has 0 rings (SSSR count). The Kier molecular flexibility index (Phi) is 5.14. The zero-order chi connectivity index (χ0) is 6.41. The van der Waals surface area contributed by atoms with E-state index in [2.05, 4.69) is 35.5 Å². The second-order valence-corrected chi connectivity index (χ2v) is 2.24. The Hall–Kier alpha value is 0. The lowest BCUT2D eigenvalue weighted by molar-refractivity contribution is 0.908. The molecule has 0 atom stereocenters. The van der Waals surface area contributed by atoms with Crippen LogP contribution in [0.2, 0.25) is 0 Å². The van der Waals surface area contributed by atoms with E-state index in [9.17, 15) is 0 Å². The molecule has 0 bridgehead atoms. The molecule has 0 radical (unpaired) electrons. The van der Waals surface area contributed by atoms with E-state index in [-0.39, 0.29) is 0 Å². The van der Waals surface area contributed by atoms with Crippen molar-refractivity contribution in [2.24, 2.45) is 0 Å². The molecule has 0 spiro atoms. The fraction of sp³-hybridized carbons (Fsp3) is 0.571. The van der Waals surface area contributed by atoms with Gasteiger partial charge in [0.05, 0.1) is 0 Å². The highest BCUT2D eigenvalue weighted by molar-refractivity contribution is 9.11. The Morgan fingerprint density at radius 3 is 2.75 bits per heavy atom. The quantitative estimate of drug-likeness (QED) is 0.565. The van der Waals surface area contributed by atoms with Gasteiger partial charge in [0.2, 0.25) is 0 Å². The molecule has 0 aliphatic heterocycles. The van der Waals surface area contributed by atoms with Crippen LogP contribution in [0.15, 0.2) is 16.3 Å². The minimum atomic E-state index is 1.15. The molecule has 0 aliphatic rings. The van der Waals surface area contributed by atoms with Gasteiger partial charge in [-0.1, -0.05) is 29.3 Å². The molecule has 8 heavy (non-hydrogen) atoms. The molecule has 0 aromatic carbocycles. The SMILES string of the molecule is CCCC(C)=C=CBr. The number of allylic oxidation sites excluding steroid dienone is 1. The molecule has 0 fully saturated rings. The van der Waals surface area contributed by atoms with Crippen molar-refractivity contribution < 1.29 is 0 Å². The van der Waals surface area contributed by atoms with Crippen molar-refractivity contribution >= 4 is 15.9 Å². The van der Waals surface area contributed by atoms with E-state index in [0.29, 0.717) is 0 Å². The summed E-state index contributed by atoms with van der Waals surface area (Å²) in [6, 6.07) is 0. The fourth-order valence-corrected chi connectivity index (χ4v) is 0.931. The first-order valence-corrected chi connectivity index (χ1v) is 3.73. The highest BCUT2D eigenvalue weighted by atomic mass is 79.9. The van der Waals surface area contributed by atoms with Gasteiger partial charge >= 0.3 is 0 Å². The highest BCUT2D eigenvalue weighted by Gasteiger charge is 1.80. The lowest BCUT2D eigenvalue weighted by Crippen LogP contribution is -1.68. The third-order valence-corrected chi connectivity index (χ3v) is 1.15. The van der Waals surface area contributed by atoms with Crippen LogP contribution in [0.25, 0.3) is 0 Å². The Labute approximate surface area is 59.4 Å². The lowest BCUT2D eigenvalue weighted by Gasteiger charge is -1.87. The summed E-state index contributed by atoms with van der Waals surface area (Å²) in [4.78, 5) is 1.78. The Balaban J connectivity index is 3.62. The molecule has 0 N–H and O–H groups in total. The summed E-state index contributed by atoms with van der Waals surface area (Å²) in [6.07, 6.45) is 2.36. The molecule has 0 unspecified atom stereocenters. The minimum Gasteiger partial charge on any atom is -0.114 e. The smallest absolute Gasteiger partial charge is 0.0231 e. The van der Waals surface area contributed by atoms with Gasteiger partial charge in [-0.3, -0.25) is 0 Å². The van der Waals surface area contributed by atoms with Crippen LogP contribution >= 0.6 is 15.9 Å². The second-order valence-electron chi connectivity index (χ2n) is 1.78. The van der Waals surface area contributed by atoms with E-state index < -0.39 is 0 Å². The van der Waals surface area contributed by atoms with Gasteiger partial charge in [0.25, 0.3) is 0 Å². The number of rotatable bonds is 2. The van der Waals surface area contributed by atoms with Crippen LogP contribution in [0.3, 0.4) is 0 Å². The van der Waals surface area contributed by atoms with E-state index >= 15 is 0 Å². The van der Waals surface area contributed by atoms with Crippen LogP contribution in [0.1, 0.15) is 26.7 Å². The lowest BCUT2D eigenvalue weighted by atomic mass is 10.2. The molecular formula is C7H11Br. The molecule has 0 amide bonds. The molecule has 0 saturated heterocycles. The predicted molar refractivity (Wildman–Crippen MR) is 41.1 cm³/mol. The first-order valence-electron chi connectivity index (χ1n) is 2.82. The first kappa shape index (κ1) is 8.00. The van der Waals surface area contributed by atoms with Crippen LogP contribution in [0.4, 0.5) is 0 Å². The highest BCUT2D eigenvalue weighted by Crippen LogP contribution is 2.00. The van der Waals surface area contributed by atoms with E-state index in [1.54, 1.807) is 4.99 Å². The third-order valence-electron chi connectivity index (χ3n) is 0.926. The van der Waals surface area contributed by atoms with E-state index in [0.717, 1.165) is 6.42 Å². The molecule has 0 saturated carbocycles. The van der Waals surface area contributed by atoms with Crippen LogP contribution in [0.5, 0.6) is 0 Å². The summed E-state index contributed by atoms with van der Waals surface area (Å²) in [7, 11) is 0. The monoisotopic (exact) mass is 174 g/mol. The maximum atomic E-state index is 3.16. The Morgan fingerprint density at radius 2 is 2.38 bits per heavy atom. The zero-order valence-corrected chi connectivity index (χ0v) is 6.96. The van der Waals surface area contributed by atoms with Gasteiger partial charge in [-0.2, -0.15) is 0 Å². The largest absolute Gasteiger partial charge is 0.114 e. The maximum Gasteiger partial charge on any atom is 0.0231 e. The maximum absolute atomic E-state index is 3.16. The van der Waals surface area contributed by atoms with Crippen LogP contribution in [-0.2, 0) is 0 Å². The van der Waals surface area contributed by atoms with Crippen molar-refractivity contribution in [3.05, 3.63) is 16.3 Å². The first-order chi connectivity index (χ1) is 3.81. The number of halogens is 1. The van der Waals surface area contributed by atoms with E-state index in [1.807, 2.05) is 0 Å². The zero-order valence-electron chi connectivity index (χ0n) is 5.37. The molecule has 0 nitrogen and oxygen atoms in total. The summed E-state index contributed by atoms with van der Waals surface area (Å²) < 4.78 is 0. The van der Waals surface area contributed by atoms with Crippen LogP contribution in [-0.4, -0.2) is 0 Å². The van der Waals surface area contributed by atoms with Gasteiger partial charge in [0.1, 0.15) is 0 Å². The fourth-order valence-electron chi connectivity index (χ4n) is 0.540. The molecule has 0 aromatic rings. The average molecular weight is 175 g/mol. The predicted octanol–water partition coefficient (Wildman–Crippen LogP) is 3.24. The van der Waals surface area contributed by atoms with Gasteiger partial charge in [0.15, 0.2) is 0 Å². The number of hydrogen-bond donors (Lipinski definition) is 0. The van der Waals surface area contributed by atoms with Crippen LogP contribution < -0.4 is 0 Å². The summed E-state index contributed by atoms with van der Waals surface area (Å²) in [5, 5.41) is 0. The van der Waals surface area contributed by atoms with Crippen molar-refractivity contribution in [3.63, 3.8) is 0 Å². The molecule has 1 heteroatoms. The Bertz CT molecular complexity index is 108. The molecule has 0 aliphatic carbocycles. The average Bonchev–Trinajstić information content (AvgIpc) is 1.68. The molecule has 0 aromatic heterocycles. The van der Waals surface area contributed by atoms with Gasteiger partial charge in [0, 0.05) is 4.99 Å². The summed E-state index contributed by atoms with van der Waals surface area (Å²) in [5.41, 5.74) is 4.36. The van der Waals surface area contributed by atoms with Crippen molar-refractivity contribution in [2.75, 3.05) is 0 Å². The molecule has 0 heterocycles. The third kappa shape index (κ3) is 4.17. The van der Waals surface area contributed by atoms with Crippen molar-refractivity contribution in [3.8, 4) is 0 Å². The number of hydrogen-bond acceptors (Lipinski definition) is 0. The summed E-state index contributed by atoms with van der Waals surface area (Å²) in [6.45, 7) is 4.25. The van der Waals surface area contributed by atoms with Gasteiger partial charge in [-0.25, -0.2) is 0 Å². The molecular weight excluding hydrogens is 164 g/mol. The van der Waals surface area contributed by atoms with Crippen molar-refractivity contribution in [1.82, 2.24) is 0 Å². The van der Waals surface area contributed by atoms with Crippen LogP contribution in [0, 0.1) is 0 Å². The normalized spacial score (nSPS) is 7.88.